The second-order valence-electron chi connectivity index (χ2n) is 6.31. The summed E-state index contributed by atoms with van der Waals surface area (Å²) in [5.41, 5.74) is 0.742. The number of hydrogen-bond donors (Lipinski definition) is 1. The number of carbonyl (C=O) groups is 2. The van der Waals surface area contributed by atoms with E-state index >= 15 is 0 Å². The van der Waals surface area contributed by atoms with E-state index in [0.717, 1.165) is 31.9 Å². The summed E-state index contributed by atoms with van der Waals surface area (Å²) in [6.07, 6.45) is 4.36. The normalized spacial score (nSPS) is 16.6. The van der Waals surface area contributed by atoms with Crippen LogP contribution in [-0.4, -0.2) is 38.7 Å². The van der Waals surface area contributed by atoms with E-state index in [2.05, 4.69) is 5.32 Å². The average Bonchev–Trinajstić information content (AvgIpc) is 2.98. The molecule has 1 aromatic rings. The Labute approximate surface area is 142 Å². The van der Waals surface area contributed by atoms with Gasteiger partial charge in [-0.3, -0.25) is 4.79 Å². The molecule has 0 aliphatic heterocycles. The van der Waals surface area contributed by atoms with Gasteiger partial charge in [0.05, 0.1) is 11.3 Å². The van der Waals surface area contributed by atoms with Crippen LogP contribution in [0.4, 0.5) is 0 Å². The number of esters is 1. The van der Waals surface area contributed by atoms with Crippen LogP contribution in [-0.2, 0) is 25.1 Å². The predicted octanol–water partition coefficient (Wildman–Crippen LogP) is 1.84. The average molecular weight is 353 g/mol. The first-order valence-electron chi connectivity index (χ1n) is 8.02. The van der Waals surface area contributed by atoms with Crippen molar-refractivity contribution in [1.29, 1.82) is 0 Å². The molecule has 0 heterocycles. The van der Waals surface area contributed by atoms with Gasteiger partial charge in [-0.1, -0.05) is 25.0 Å². The topological polar surface area (TPSA) is 89.5 Å². The molecular formula is C17H23NO5S. The quantitative estimate of drug-likeness (QED) is 0.788. The van der Waals surface area contributed by atoms with Crippen LogP contribution in [0, 0.1) is 0 Å². The van der Waals surface area contributed by atoms with Crippen molar-refractivity contribution in [1.82, 2.24) is 5.32 Å². The first kappa shape index (κ1) is 18.4. The fourth-order valence-electron chi connectivity index (χ4n) is 2.76. The van der Waals surface area contributed by atoms with Gasteiger partial charge < -0.3 is 10.1 Å². The Hall–Kier alpha value is -1.89. The number of ether oxygens (including phenoxy) is 1. The van der Waals surface area contributed by atoms with Crippen molar-refractivity contribution in [3.05, 3.63) is 35.4 Å². The Morgan fingerprint density at radius 2 is 1.96 bits per heavy atom. The molecule has 1 aromatic carbocycles. The van der Waals surface area contributed by atoms with Gasteiger partial charge in [-0.2, -0.15) is 0 Å². The number of amides is 1. The van der Waals surface area contributed by atoms with Gasteiger partial charge in [0.25, 0.3) is 5.91 Å². The van der Waals surface area contributed by atoms with Gasteiger partial charge >= 0.3 is 5.97 Å². The molecule has 0 spiro atoms. The lowest BCUT2D eigenvalue weighted by Gasteiger charge is -2.17. The number of sulfone groups is 1. The minimum Gasteiger partial charge on any atom is -0.449 e. The molecule has 1 aliphatic carbocycles. The standard InChI is InChI=1S/C17H23NO5S/c1-12(16(19)18-15-8-3-4-9-15)23-17(20)14-7-5-6-13(10-14)11-24(2,21)22/h5-7,10,12,15H,3-4,8-9,11H2,1-2H3,(H,18,19). The van der Waals surface area contributed by atoms with E-state index in [9.17, 15) is 18.0 Å². The Kier molecular flexibility index (Phi) is 5.99. The molecule has 24 heavy (non-hydrogen) atoms. The molecule has 1 fully saturated rings. The van der Waals surface area contributed by atoms with E-state index in [4.69, 9.17) is 4.74 Å². The summed E-state index contributed by atoms with van der Waals surface area (Å²) in [6, 6.07) is 6.41. The van der Waals surface area contributed by atoms with Gasteiger partial charge in [0.2, 0.25) is 0 Å². The molecule has 2 rings (SSSR count). The van der Waals surface area contributed by atoms with Crippen LogP contribution in [0.3, 0.4) is 0 Å². The molecule has 6 nitrogen and oxygen atoms in total. The van der Waals surface area contributed by atoms with E-state index in [1.165, 1.54) is 19.1 Å². The first-order valence-corrected chi connectivity index (χ1v) is 10.1. The monoisotopic (exact) mass is 353 g/mol. The highest BCUT2D eigenvalue weighted by molar-refractivity contribution is 7.89. The molecule has 1 amide bonds. The van der Waals surface area contributed by atoms with E-state index in [1.807, 2.05) is 0 Å². The van der Waals surface area contributed by atoms with Crippen LogP contribution < -0.4 is 5.32 Å². The van der Waals surface area contributed by atoms with E-state index in [0.29, 0.717) is 5.56 Å². The molecule has 0 radical (unpaired) electrons. The molecule has 7 heteroatoms. The summed E-state index contributed by atoms with van der Waals surface area (Å²) >= 11 is 0. The van der Waals surface area contributed by atoms with Gasteiger partial charge in [-0.25, -0.2) is 13.2 Å². The maximum Gasteiger partial charge on any atom is 0.338 e. The lowest BCUT2D eigenvalue weighted by atomic mass is 10.1. The molecule has 132 valence electrons. The van der Waals surface area contributed by atoms with E-state index < -0.39 is 21.9 Å². The highest BCUT2D eigenvalue weighted by atomic mass is 32.2. The summed E-state index contributed by atoms with van der Waals surface area (Å²) < 4.78 is 27.9. The van der Waals surface area contributed by atoms with Crippen molar-refractivity contribution in [2.24, 2.45) is 0 Å². The third-order valence-corrected chi connectivity index (χ3v) is 4.80. The smallest absolute Gasteiger partial charge is 0.338 e. The summed E-state index contributed by atoms with van der Waals surface area (Å²) in [5.74, 6) is -1.09. The molecule has 0 aromatic heterocycles. The maximum atomic E-state index is 12.2. The zero-order valence-corrected chi connectivity index (χ0v) is 14.8. The lowest BCUT2D eigenvalue weighted by Crippen LogP contribution is -2.40. The maximum absolute atomic E-state index is 12.2. The number of rotatable bonds is 6. The number of carbonyl (C=O) groups excluding carboxylic acids is 2. The Morgan fingerprint density at radius 3 is 2.58 bits per heavy atom. The molecule has 1 aliphatic rings. The van der Waals surface area contributed by atoms with Gasteiger partial charge in [0.1, 0.15) is 0 Å². The van der Waals surface area contributed by atoms with Gasteiger partial charge in [-0.15, -0.1) is 0 Å². The highest BCUT2D eigenvalue weighted by Crippen LogP contribution is 2.18. The molecule has 1 unspecified atom stereocenters. The van der Waals surface area contributed by atoms with Gasteiger partial charge in [0.15, 0.2) is 15.9 Å². The van der Waals surface area contributed by atoms with Crippen molar-refractivity contribution >= 4 is 21.7 Å². The lowest BCUT2D eigenvalue weighted by molar-refractivity contribution is -0.129. The molecule has 1 N–H and O–H groups in total. The van der Waals surface area contributed by atoms with Crippen LogP contribution in [0.1, 0.15) is 48.5 Å². The fraction of sp³-hybridized carbons (Fsp3) is 0.529. The van der Waals surface area contributed by atoms with Crippen LogP contribution in [0.15, 0.2) is 24.3 Å². The number of hydrogen-bond acceptors (Lipinski definition) is 5. The Balaban J connectivity index is 1.95. The first-order chi connectivity index (χ1) is 11.2. The Morgan fingerprint density at radius 1 is 1.29 bits per heavy atom. The molecular weight excluding hydrogens is 330 g/mol. The fourth-order valence-corrected chi connectivity index (χ4v) is 3.55. The third-order valence-electron chi connectivity index (χ3n) is 3.95. The van der Waals surface area contributed by atoms with Gasteiger partial charge in [0, 0.05) is 12.3 Å². The molecule has 1 saturated carbocycles. The zero-order valence-electron chi connectivity index (χ0n) is 13.9. The SMILES string of the molecule is CC(OC(=O)c1cccc(CS(C)(=O)=O)c1)C(=O)NC1CCCC1. The van der Waals surface area contributed by atoms with Gasteiger partial charge in [-0.05, 0) is 37.5 Å². The summed E-state index contributed by atoms with van der Waals surface area (Å²) in [5, 5.41) is 2.88. The zero-order chi connectivity index (χ0) is 17.7. The second kappa shape index (κ2) is 7.79. The van der Waals surface area contributed by atoms with Crippen LogP contribution in [0.25, 0.3) is 0 Å². The van der Waals surface area contributed by atoms with Crippen molar-refractivity contribution in [3.63, 3.8) is 0 Å². The van der Waals surface area contributed by atoms with Crippen molar-refractivity contribution < 1.29 is 22.7 Å². The van der Waals surface area contributed by atoms with Crippen LogP contribution in [0.5, 0.6) is 0 Å². The van der Waals surface area contributed by atoms with Crippen LogP contribution in [0.2, 0.25) is 0 Å². The van der Waals surface area contributed by atoms with Crippen LogP contribution >= 0.6 is 0 Å². The molecule has 0 bridgehead atoms. The number of nitrogens with one attached hydrogen (secondary N) is 1. The molecule has 0 saturated heterocycles. The van der Waals surface area contributed by atoms with Crippen molar-refractivity contribution in [3.8, 4) is 0 Å². The minimum absolute atomic E-state index is 0.147. The van der Waals surface area contributed by atoms with Crippen molar-refractivity contribution in [2.45, 2.75) is 50.5 Å². The summed E-state index contributed by atoms with van der Waals surface area (Å²) in [4.78, 5) is 24.2. The largest absolute Gasteiger partial charge is 0.449 e. The number of benzene rings is 1. The predicted molar refractivity (Wildman–Crippen MR) is 90.3 cm³/mol. The highest BCUT2D eigenvalue weighted by Gasteiger charge is 2.23. The summed E-state index contributed by atoms with van der Waals surface area (Å²) in [6.45, 7) is 1.53. The molecule has 1 atom stereocenters. The minimum atomic E-state index is -3.19. The third kappa shape index (κ3) is 5.63. The summed E-state index contributed by atoms with van der Waals surface area (Å²) in [7, 11) is -3.19. The van der Waals surface area contributed by atoms with E-state index in [-0.39, 0.29) is 23.3 Å². The van der Waals surface area contributed by atoms with Crippen molar-refractivity contribution in [2.75, 3.05) is 6.26 Å². The second-order valence-corrected chi connectivity index (χ2v) is 8.45. The Bertz CT molecular complexity index is 707. The van der Waals surface area contributed by atoms with E-state index in [1.54, 1.807) is 12.1 Å².